The van der Waals surface area contributed by atoms with Gasteiger partial charge in [0.2, 0.25) is 5.90 Å². The molecule has 3 rings (SSSR count). The molecule has 2 aliphatic rings. The highest BCUT2D eigenvalue weighted by Crippen LogP contribution is 2.27. The quantitative estimate of drug-likeness (QED) is 0.861. The van der Waals surface area contributed by atoms with Crippen LogP contribution in [0.4, 0.5) is 0 Å². The van der Waals surface area contributed by atoms with Gasteiger partial charge in [-0.1, -0.05) is 37.5 Å². The van der Waals surface area contributed by atoms with Crippen LogP contribution in [0.25, 0.3) is 0 Å². The average molecular weight is 274 g/mol. The van der Waals surface area contributed by atoms with Crippen LogP contribution in [0.2, 0.25) is 0 Å². The lowest BCUT2D eigenvalue weighted by Gasteiger charge is -2.32. The SMILES string of the molecule is CC1OC(c2ccccc2)=NC1N(O)C1CCCCC1. The smallest absolute Gasteiger partial charge is 0.218 e. The Morgan fingerprint density at radius 1 is 1.15 bits per heavy atom. The summed E-state index contributed by atoms with van der Waals surface area (Å²) in [7, 11) is 0. The van der Waals surface area contributed by atoms with Crippen LogP contribution in [0.15, 0.2) is 35.3 Å². The Morgan fingerprint density at radius 2 is 1.85 bits per heavy atom. The first-order valence-corrected chi connectivity index (χ1v) is 7.53. The molecule has 0 radical (unpaired) electrons. The molecule has 108 valence electrons. The number of benzene rings is 1. The fraction of sp³-hybridized carbons (Fsp3) is 0.562. The third kappa shape index (κ3) is 2.72. The average Bonchev–Trinajstić information content (AvgIpc) is 2.90. The number of hydroxylamine groups is 2. The zero-order valence-corrected chi connectivity index (χ0v) is 11.9. The van der Waals surface area contributed by atoms with Gasteiger partial charge in [0.05, 0.1) is 0 Å². The molecule has 1 N–H and O–H groups in total. The fourth-order valence-corrected chi connectivity index (χ4v) is 3.05. The Bertz CT molecular complexity index is 469. The summed E-state index contributed by atoms with van der Waals surface area (Å²) < 4.78 is 5.82. The summed E-state index contributed by atoms with van der Waals surface area (Å²) in [5, 5.41) is 11.9. The molecule has 0 amide bonds. The van der Waals surface area contributed by atoms with E-state index in [2.05, 4.69) is 4.99 Å². The Balaban J connectivity index is 1.74. The van der Waals surface area contributed by atoms with Crippen LogP contribution in [-0.2, 0) is 4.74 Å². The molecule has 1 heterocycles. The zero-order valence-electron chi connectivity index (χ0n) is 11.9. The molecule has 1 aliphatic carbocycles. The van der Waals surface area contributed by atoms with Crippen molar-refractivity contribution in [1.29, 1.82) is 0 Å². The first-order chi connectivity index (χ1) is 9.75. The van der Waals surface area contributed by atoms with E-state index in [-0.39, 0.29) is 18.3 Å². The minimum absolute atomic E-state index is 0.114. The molecule has 2 atom stereocenters. The highest BCUT2D eigenvalue weighted by molar-refractivity contribution is 5.95. The molecule has 1 aromatic carbocycles. The maximum atomic E-state index is 10.5. The summed E-state index contributed by atoms with van der Waals surface area (Å²) >= 11 is 0. The van der Waals surface area contributed by atoms with Gasteiger partial charge in [-0.25, -0.2) is 4.99 Å². The normalized spacial score (nSPS) is 27.4. The molecule has 1 saturated carbocycles. The van der Waals surface area contributed by atoms with Crippen LogP contribution in [-0.4, -0.2) is 34.5 Å². The molecule has 0 bridgehead atoms. The summed E-state index contributed by atoms with van der Waals surface area (Å²) in [4.78, 5) is 4.58. The van der Waals surface area contributed by atoms with E-state index >= 15 is 0 Å². The third-order valence-corrected chi connectivity index (χ3v) is 4.21. The fourth-order valence-electron chi connectivity index (χ4n) is 3.05. The van der Waals surface area contributed by atoms with Crippen LogP contribution in [0.3, 0.4) is 0 Å². The van der Waals surface area contributed by atoms with Crippen molar-refractivity contribution in [1.82, 2.24) is 5.06 Å². The molecule has 0 spiro atoms. The molecular formula is C16H22N2O2. The Kier molecular flexibility index (Phi) is 4.03. The first-order valence-electron chi connectivity index (χ1n) is 7.53. The summed E-state index contributed by atoms with van der Waals surface area (Å²) in [6, 6.07) is 10.1. The summed E-state index contributed by atoms with van der Waals surface area (Å²) in [6.07, 6.45) is 5.37. The highest BCUT2D eigenvalue weighted by Gasteiger charge is 2.36. The van der Waals surface area contributed by atoms with Gasteiger partial charge in [0, 0.05) is 11.6 Å². The van der Waals surface area contributed by atoms with E-state index in [0.717, 1.165) is 18.4 Å². The summed E-state index contributed by atoms with van der Waals surface area (Å²) in [6.45, 7) is 1.97. The van der Waals surface area contributed by atoms with E-state index < -0.39 is 0 Å². The van der Waals surface area contributed by atoms with Gasteiger partial charge in [-0.3, -0.25) is 0 Å². The van der Waals surface area contributed by atoms with E-state index in [1.165, 1.54) is 24.3 Å². The molecule has 1 aliphatic heterocycles. The second kappa shape index (κ2) is 5.94. The number of hydrogen-bond donors (Lipinski definition) is 1. The minimum atomic E-state index is -0.284. The molecule has 2 unspecified atom stereocenters. The van der Waals surface area contributed by atoms with Gasteiger partial charge in [0.25, 0.3) is 0 Å². The van der Waals surface area contributed by atoms with Gasteiger partial charge in [-0.2, -0.15) is 5.06 Å². The standard InChI is InChI=1S/C16H22N2O2/c1-12-15(18(19)14-10-6-3-7-11-14)17-16(20-12)13-8-4-2-5-9-13/h2,4-5,8-9,12,14-15,19H,3,6-7,10-11H2,1H3. The molecule has 1 fully saturated rings. The zero-order chi connectivity index (χ0) is 13.9. The lowest BCUT2D eigenvalue weighted by molar-refractivity contribution is -0.177. The molecule has 4 nitrogen and oxygen atoms in total. The predicted octanol–water partition coefficient (Wildman–Crippen LogP) is 3.20. The van der Waals surface area contributed by atoms with Gasteiger partial charge in [0.15, 0.2) is 6.17 Å². The Labute approximate surface area is 120 Å². The number of ether oxygens (including phenoxy) is 1. The van der Waals surface area contributed by atoms with E-state index in [1.807, 2.05) is 37.3 Å². The maximum absolute atomic E-state index is 10.5. The van der Waals surface area contributed by atoms with Crippen molar-refractivity contribution in [3.8, 4) is 0 Å². The maximum Gasteiger partial charge on any atom is 0.218 e. The molecule has 1 aromatic rings. The molecule has 4 heteroatoms. The van der Waals surface area contributed by atoms with Crippen molar-refractivity contribution in [3.63, 3.8) is 0 Å². The van der Waals surface area contributed by atoms with E-state index in [0.29, 0.717) is 5.90 Å². The Morgan fingerprint density at radius 3 is 2.55 bits per heavy atom. The summed E-state index contributed by atoms with van der Waals surface area (Å²) in [5.41, 5.74) is 0.971. The van der Waals surface area contributed by atoms with Crippen molar-refractivity contribution in [2.45, 2.75) is 57.3 Å². The van der Waals surface area contributed by atoms with Crippen LogP contribution in [0.1, 0.15) is 44.6 Å². The van der Waals surface area contributed by atoms with Crippen LogP contribution in [0, 0.1) is 0 Å². The van der Waals surface area contributed by atoms with Gasteiger partial charge in [-0.05, 0) is 31.9 Å². The predicted molar refractivity (Wildman–Crippen MR) is 77.8 cm³/mol. The van der Waals surface area contributed by atoms with Crippen LogP contribution >= 0.6 is 0 Å². The molecule has 0 saturated heterocycles. The number of hydrogen-bond acceptors (Lipinski definition) is 4. The van der Waals surface area contributed by atoms with Crippen molar-refractivity contribution in [3.05, 3.63) is 35.9 Å². The number of nitrogens with zero attached hydrogens (tertiary/aromatic N) is 2. The second-order valence-electron chi connectivity index (χ2n) is 5.71. The van der Waals surface area contributed by atoms with E-state index in [1.54, 1.807) is 0 Å². The topological polar surface area (TPSA) is 45.1 Å². The van der Waals surface area contributed by atoms with E-state index in [4.69, 9.17) is 4.74 Å². The first kappa shape index (κ1) is 13.6. The van der Waals surface area contributed by atoms with Crippen molar-refractivity contribution < 1.29 is 9.94 Å². The molecular weight excluding hydrogens is 252 g/mol. The minimum Gasteiger partial charge on any atom is -0.471 e. The largest absolute Gasteiger partial charge is 0.471 e. The van der Waals surface area contributed by atoms with Gasteiger partial charge >= 0.3 is 0 Å². The van der Waals surface area contributed by atoms with Crippen LogP contribution < -0.4 is 0 Å². The lowest BCUT2D eigenvalue weighted by Crippen LogP contribution is -2.44. The van der Waals surface area contributed by atoms with Gasteiger partial charge < -0.3 is 9.94 Å². The molecule has 0 aromatic heterocycles. The van der Waals surface area contributed by atoms with Crippen LogP contribution in [0.5, 0.6) is 0 Å². The van der Waals surface area contributed by atoms with Crippen molar-refractivity contribution in [2.24, 2.45) is 4.99 Å². The molecule has 20 heavy (non-hydrogen) atoms. The Hall–Kier alpha value is -1.39. The lowest BCUT2D eigenvalue weighted by atomic mass is 9.95. The number of aliphatic imine (C=N–C) groups is 1. The van der Waals surface area contributed by atoms with Crippen molar-refractivity contribution >= 4 is 5.90 Å². The number of rotatable bonds is 3. The monoisotopic (exact) mass is 274 g/mol. The van der Waals surface area contributed by atoms with E-state index in [9.17, 15) is 5.21 Å². The summed E-state index contributed by atoms with van der Waals surface area (Å²) in [5.74, 6) is 0.637. The van der Waals surface area contributed by atoms with Gasteiger partial charge in [0.1, 0.15) is 6.10 Å². The van der Waals surface area contributed by atoms with Crippen molar-refractivity contribution in [2.75, 3.05) is 0 Å². The highest BCUT2D eigenvalue weighted by atomic mass is 16.5. The third-order valence-electron chi connectivity index (χ3n) is 4.21. The second-order valence-corrected chi connectivity index (χ2v) is 5.71. The van der Waals surface area contributed by atoms with Gasteiger partial charge in [-0.15, -0.1) is 0 Å².